The van der Waals surface area contributed by atoms with Crippen molar-refractivity contribution in [3.8, 4) is 0 Å². The predicted molar refractivity (Wildman–Crippen MR) is 79.2 cm³/mol. The number of hydrogen-bond acceptors (Lipinski definition) is 3. The number of para-hydroxylation sites is 1. The van der Waals surface area contributed by atoms with E-state index in [1.807, 2.05) is 13.0 Å². The van der Waals surface area contributed by atoms with Crippen LogP contribution in [0.15, 0.2) is 59.5 Å². The fourth-order valence-corrected chi connectivity index (χ4v) is 3.37. The summed E-state index contributed by atoms with van der Waals surface area (Å²) in [5, 5.41) is 9.15. The zero-order valence-corrected chi connectivity index (χ0v) is 12.0. The summed E-state index contributed by atoms with van der Waals surface area (Å²) in [6.07, 6.45) is 0. The van der Waals surface area contributed by atoms with Crippen molar-refractivity contribution in [1.82, 2.24) is 0 Å². The maximum Gasteiger partial charge on any atom is 0.264 e. The van der Waals surface area contributed by atoms with Crippen LogP contribution < -0.4 is 4.31 Å². The monoisotopic (exact) mass is 291 g/mol. The van der Waals surface area contributed by atoms with Gasteiger partial charge >= 0.3 is 0 Å². The molecule has 106 valence electrons. The molecule has 2 aromatic carbocycles. The molecule has 0 radical (unpaired) electrons. The molecule has 4 nitrogen and oxygen atoms in total. The maximum atomic E-state index is 12.6. The van der Waals surface area contributed by atoms with Crippen molar-refractivity contribution in [2.24, 2.45) is 0 Å². The van der Waals surface area contributed by atoms with E-state index in [0.717, 1.165) is 5.56 Å². The zero-order valence-electron chi connectivity index (χ0n) is 11.2. The van der Waals surface area contributed by atoms with Gasteiger partial charge in [0, 0.05) is 0 Å². The normalized spacial score (nSPS) is 11.3. The minimum Gasteiger partial charge on any atom is -0.394 e. The van der Waals surface area contributed by atoms with E-state index in [-0.39, 0.29) is 18.0 Å². The fraction of sp³-hybridized carbons (Fsp3) is 0.200. The fourth-order valence-electron chi connectivity index (χ4n) is 1.91. The van der Waals surface area contributed by atoms with Crippen LogP contribution in [-0.2, 0) is 10.0 Å². The molecule has 0 amide bonds. The van der Waals surface area contributed by atoms with Gasteiger partial charge in [-0.1, -0.05) is 35.9 Å². The number of aryl methyl sites for hydroxylation is 1. The minimum absolute atomic E-state index is 0.0280. The molecule has 0 aromatic heterocycles. The van der Waals surface area contributed by atoms with Crippen molar-refractivity contribution >= 4 is 15.7 Å². The van der Waals surface area contributed by atoms with E-state index in [0.29, 0.717) is 5.69 Å². The summed E-state index contributed by atoms with van der Waals surface area (Å²) in [5.74, 6) is 0. The second-order valence-electron chi connectivity index (χ2n) is 4.45. The molecule has 5 heteroatoms. The summed E-state index contributed by atoms with van der Waals surface area (Å²) < 4.78 is 26.5. The number of aliphatic hydroxyl groups excluding tert-OH is 1. The molecule has 0 fully saturated rings. The standard InChI is InChI=1S/C15H17NO3S/c1-13-7-9-15(10-8-13)20(18,19)16(11-12-17)14-5-3-2-4-6-14/h2-10,17H,11-12H2,1H3. The van der Waals surface area contributed by atoms with Crippen molar-refractivity contribution < 1.29 is 13.5 Å². The van der Waals surface area contributed by atoms with Gasteiger partial charge in [-0.25, -0.2) is 8.42 Å². The highest BCUT2D eigenvalue weighted by molar-refractivity contribution is 7.92. The SMILES string of the molecule is Cc1ccc(S(=O)(=O)N(CCO)c2ccccc2)cc1. The molecule has 2 aromatic rings. The van der Waals surface area contributed by atoms with Crippen LogP contribution >= 0.6 is 0 Å². The number of hydrogen-bond donors (Lipinski definition) is 1. The smallest absolute Gasteiger partial charge is 0.264 e. The lowest BCUT2D eigenvalue weighted by atomic mass is 10.2. The molecule has 0 aliphatic rings. The third-order valence-electron chi connectivity index (χ3n) is 2.96. The summed E-state index contributed by atoms with van der Waals surface area (Å²) in [6, 6.07) is 15.5. The van der Waals surface area contributed by atoms with Crippen LogP contribution in [0.2, 0.25) is 0 Å². The largest absolute Gasteiger partial charge is 0.394 e. The average Bonchev–Trinajstić information content (AvgIpc) is 2.46. The van der Waals surface area contributed by atoms with Gasteiger partial charge < -0.3 is 5.11 Å². The molecule has 0 atom stereocenters. The zero-order chi connectivity index (χ0) is 14.6. The van der Waals surface area contributed by atoms with Gasteiger partial charge in [0.2, 0.25) is 0 Å². The van der Waals surface area contributed by atoms with Crippen LogP contribution in [0.4, 0.5) is 5.69 Å². The Morgan fingerprint density at radius 1 is 1.00 bits per heavy atom. The lowest BCUT2D eigenvalue weighted by Gasteiger charge is -2.23. The van der Waals surface area contributed by atoms with Crippen molar-refractivity contribution in [2.45, 2.75) is 11.8 Å². The summed E-state index contributed by atoms with van der Waals surface area (Å²) in [7, 11) is -3.66. The first-order chi connectivity index (χ1) is 9.55. The van der Waals surface area contributed by atoms with Gasteiger partial charge in [-0.3, -0.25) is 4.31 Å². The number of anilines is 1. The van der Waals surface area contributed by atoms with Crippen molar-refractivity contribution in [1.29, 1.82) is 0 Å². The van der Waals surface area contributed by atoms with E-state index < -0.39 is 10.0 Å². The molecule has 1 N–H and O–H groups in total. The first kappa shape index (κ1) is 14.6. The number of sulfonamides is 1. The van der Waals surface area contributed by atoms with E-state index in [4.69, 9.17) is 5.11 Å². The third kappa shape index (κ3) is 3.00. The Hall–Kier alpha value is -1.85. The molecular weight excluding hydrogens is 274 g/mol. The topological polar surface area (TPSA) is 57.6 Å². The van der Waals surface area contributed by atoms with Crippen LogP contribution in [0.1, 0.15) is 5.56 Å². The molecule has 0 aliphatic heterocycles. The van der Waals surface area contributed by atoms with E-state index in [1.165, 1.54) is 4.31 Å². The van der Waals surface area contributed by atoms with Gasteiger partial charge in [0.25, 0.3) is 10.0 Å². The quantitative estimate of drug-likeness (QED) is 0.918. The molecule has 0 heterocycles. The van der Waals surface area contributed by atoms with E-state index in [1.54, 1.807) is 48.5 Å². The van der Waals surface area contributed by atoms with Gasteiger partial charge in [0.1, 0.15) is 0 Å². The molecule has 20 heavy (non-hydrogen) atoms. The molecule has 2 rings (SSSR count). The Balaban J connectivity index is 2.45. The lowest BCUT2D eigenvalue weighted by Crippen LogP contribution is -2.33. The van der Waals surface area contributed by atoms with Crippen LogP contribution in [0.25, 0.3) is 0 Å². The van der Waals surface area contributed by atoms with E-state index >= 15 is 0 Å². The Bertz CT molecular complexity index is 651. The molecular formula is C15H17NO3S. The van der Waals surface area contributed by atoms with Gasteiger partial charge in [-0.2, -0.15) is 0 Å². The van der Waals surface area contributed by atoms with Crippen LogP contribution in [-0.4, -0.2) is 26.7 Å². The number of benzene rings is 2. The van der Waals surface area contributed by atoms with Gasteiger partial charge in [-0.05, 0) is 31.2 Å². The van der Waals surface area contributed by atoms with Gasteiger partial charge in [-0.15, -0.1) is 0 Å². The summed E-state index contributed by atoms with van der Waals surface area (Å²) in [4.78, 5) is 0.223. The molecule has 0 unspecified atom stereocenters. The Labute approximate surface area is 119 Å². The molecule has 0 spiro atoms. The first-order valence-electron chi connectivity index (χ1n) is 6.31. The summed E-state index contributed by atoms with van der Waals surface area (Å²) >= 11 is 0. The lowest BCUT2D eigenvalue weighted by molar-refractivity contribution is 0.306. The number of rotatable bonds is 5. The molecule has 0 aliphatic carbocycles. The molecule has 0 bridgehead atoms. The highest BCUT2D eigenvalue weighted by atomic mass is 32.2. The summed E-state index contributed by atoms with van der Waals surface area (Å²) in [6.45, 7) is 1.69. The van der Waals surface area contributed by atoms with Gasteiger partial charge in [0.05, 0.1) is 23.7 Å². The van der Waals surface area contributed by atoms with E-state index in [2.05, 4.69) is 0 Å². The minimum atomic E-state index is -3.66. The van der Waals surface area contributed by atoms with Crippen LogP contribution in [0, 0.1) is 6.92 Å². The highest BCUT2D eigenvalue weighted by Gasteiger charge is 2.24. The van der Waals surface area contributed by atoms with Crippen molar-refractivity contribution in [2.75, 3.05) is 17.5 Å². The van der Waals surface area contributed by atoms with Gasteiger partial charge in [0.15, 0.2) is 0 Å². The van der Waals surface area contributed by atoms with Crippen LogP contribution in [0.5, 0.6) is 0 Å². The number of nitrogens with zero attached hydrogens (tertiary/aromatic N) is 1. The van der Waals surface area contributed by atoms with E-state index in [9.17, 15) is 8.42 Å². The highest BCUT2D eigenvalue weighted by Crippen LogP contribution is 2.23. The second-order valence-corrected chi connectivity index (χ2v) is 6.31. The average molecular weight is 291 g/mol. The van der Waals surface area contributed by atoms with Crippen molar-refractivity contribution in [3.05, 3.63) is 60.2 Å². The number of aliphatic hydroxyl groups is 1. The predicted octanol–water partition coefficient (Wildman–Crippen LogP) is 2.18. The first-order valence-corrected chi connectivity index (χ1v) is 7.75. The maximum absolute atomic E-state index is 12.6. The molecule has 0 saturated heterocycles. The molecule has 0 saturated carbocycles. The second kappa shape index (κ2) is 6.07. The Morgan fingerprint density at radius 2 is 1.60 bits per heavy atom. The Kier molecular flexibility index (Phi) is 4.42. The Morgan fingerprint density at radius 3 is 2.15 bits per heavy atom. The summed E-state index contributed by atoms with van der Waals surface area (Å²) in [5.41, 5.74) is 1.54. The van der Waals surface area contributed by atoms with Crippen LogP contribution in [0.3, 0.4) is 0 Å². The third-order valence-corrected chi connectivity index (χ3v) is 4.80. The van der Waals surface area contributed by atoms with Crippen molar-refractivity contribution in [3.63, 3.8) is 0 Å².